The molecule has 1 fully saturated rings. The number of ether oxygens (including phenoxy) is 2. The molecule has 4 nitrogen and oxygen atoms in total. The zero-order valence-electron chi connectivity index (χ0n) is 9.35. The molecule has 1 aliphatic heterocycles. The summed E-state index contributed by atoms with van der Waals surface area (Å²) in [5, 5.41) is 9.69. The molecule has 0 radical (unpaired) electrons. The number of hydrogen-bond acceptors (Lipinski definition) is 5. The van der Waals surface area contributed by atoms with Crippen LogP contribution < -0.4 is 0 Å². The largest absolute Gasteiger partial charge is 0.389 e. The summed E-state index contributed by atoms with van der Waals surface area (Å²) in [7, 11) is 1.64. The van der Waals surface area contributed by atoms with Gasteiger partial charge in [-0.25, -0.2) is 0 Å². The molecule has 0 aromatic heterocycles. The fourth-order valence-electron chi connectivity index (χ4n) is 1.50. The van der Waals surface area contributed by atoms with E-state index in [0.29, 0.717) is 19.8 Å². The molecule has 0 aliphatic carbocycles. The molecule has 1 rings (SSSR count). The van der Waals surface area contributed by atoms with Gasteiger partial charge in [0.15, 0.2) is 0 Å². The molecule has 0 amide bonds. The quantitative estimate of drug-likeness (QED) is 0.632. The summed E-state index contributed by atoms with van der Waals surface area (Å²) in [6.45, 7) is 4.45. The van der Waals surface area contributed by atoms with Gasteiger partial charge in [0.25, 0.3) is 0 Å². The first-order valence-electron chi connectivity index (χ1n) is 5.38. The fourth-order valence-corrected chi connectivity index (χ4v) is 2.47. The first-order chi connectivity index (χ1) is 7.33. The van der Waals surface area contributed by atoms with Crippen LogP contribution in [0.2, 0.25) is 0 Å². The molecule has 90 valence electrons. The van der Waals surface area contributed by atoms with E-state index in [1.54, 1.807) is 7.11 Å². The van der Waals surface area contributed by atoms with Gasteiger partial charge in [-0.1, -0.05) is 0 Å². The Kier molecular flexibility index (Phi) is 7.38. The summed E-state index contributed by atoms with van der Waals surface area (Å²) in [6, 6.07) is 0. The van der Waals surface area contributed by atoms with E-state index >= 15 is 0 Å². The van der Waals surface area contributed by atoms with Crippen molar-refractivity contribution in [2.24, 2.45) is 0 Å². The number of aliphatic hydroxyl groups is 1. The molecule has 1 N–H and O–H groups in total. The van der Waals surface area contributed by atoms with E-state index in [1.807, 2.05) is 11.8 Å². The van der Waals surface area contributed by atoms with Gasteiger partial charge in [0.05, 0.1) is 25.9 Å². The van der Waals surface area contributed by atoms with Crippen LogP contribution in [0.25, 0.3) is 0 Å². The Morgan fingerprint density at radius 3 is 2.73 bits per heavy atom. The molecule has 1 saturated heterocycles. The van der Waals surface area contributed by atoms with Crippen LogP contribution in [0.15, 0.2) is 0 Å². The lowest BCUT2D eigenvalue weighted by Crippen LogP contribution is -2.40. The number of β-amino-alcohol motifs (C(OH)–C–C–N with tert-alkyl or cyclic N) is 1. The van der Waals surface area contributed by atoms with Crippen LogP contribution in [0.3, 0.4) is 0 Å². The van der Waals surface area contributed by atoms with Gasteiger partial charge in [-0.2, -0.15) is 11.8 Å². The third kappa shape index (κ3) is 6.37. The van der Waals surface area contributed by atoms with Crippen molar-refractivity contribution in [1.29, 1.82) is 0 Å². The highest BCUT2D eigenvalue weighted by Crippen LogP contribution is 2.09. The Bertz CT molecular complexity index is 154. The van der Waals surface area contributed by atoms with E-state index in [-0.39, 0.29) is 6.10 Å². The van der Waals surface area contributed by atoms with Crippen LogP contribution in [0.1, 0.15) is 0 Å². The van der Waals surface area contributed by atoms with Gasteiger partial charge in [-0.05, 0) is 0 Å². The van der Waals surface area contributed by atoms with Crippen molar-refractivity contribution in [1.82, 2.24) is 4.90 Å². The normalized spacial score (nSPS) is 20.4. The van der Waals surface area contributed by atoms with E-state index in [1.165, 1.54) is 11.5 Å². The second-order valence-electron chi connectivity index (χ2n) is 3.63. The zero-order chi connectivity index (χ0) is 10.9. The van der Waals surface area contributed by atoms with Crippen LogP contribution in [0, 0.1) is 0 Å². The Balaban J connectivity index is 1.98. The highest BCUT2D eigenvalue weighted by atomic mass is 32.2. The molecule has 0 bridgehead atoms. The third-order valence-electron chi connectivity index (χ3n) is 2.31. The Hall–Kier alpha value is 0.190. The summed E-state index contributed by atoms with van der Waals surface area (Å²) in [5.74, 6) is 2.36. The van der Waals surface area contributed by atoms with Gasteiger partial charge in [0.2, 0.25) is 0 Å². The van der Waals surface area contributed by atoms with Crippen LogP contribution >= 0.6 is 11.8 Å². The summed E-state index contributed by atoms with van der Waals surface area (Å²) < 4.78 is 10.1. The molecule has 1 atom stereocenters. The molecule has 0 spiro atoms. The van der Waals surface area contributed by atoms with E-state index in [2.05, 4.69) is 4.90 Å². The lowest BCUT2D eigenvalue weighted by Gasteiger charge is -2.28. The molecule has 0 aromatic rings. The van der Waals surface area contributed by atoms with Crippen molar-refractivity contribution in [2.45, 2.75) is 6.10 Å². The highest BCUT2D eigenvalue weighted by Gasteiger charge is 2.14. The molecule has 5 heteroatoms. The number of hydrogen-bond donors (Lipinski definition) is 1. The summed E-state index contributed by atoms with van der Waals surface area (Å²) in [4.78, 5) is 2.29. The van der Waals surface area contributed by atoms with Crippen molar-refractivity contribution in [2.75, 3.05) is 58.1 Å². The number of thioether (sulfide) groups is 1. The molecular weight excluding hydrogens is 214 g/mol. The van der Waals surface area contributed by atoms with Gasteiger partial charge >= 0.3 is 0 Å². The average molecular weight is 235 g/mol. The number of aliphatic hydroxyl groups excluding tert-OH is 1. The van der Waals surface area contributed by atoms with Crippen LogP contribution in [-0.4, -0.2) is 74.2 Å². The highest BCUT2D eigenvalue weighted by molar-refractivity contribution is 7.99. The minimum Gasteiger partial charge on any atom is -0.389 e. The van der Waals surface area contributed by atoms with Crippen LogP contribution in [0.5, 0.6) is 0 Å². The monoisotopic (exact) mass is 235 g/mol. The smallest absolute Gasteiger partial charge is 0.0900 e. The van der Waals surface area contributed by atoms with E-state index in [9.17, 15) is 5.11 Å². The lowest BCUT2D eigenvalue weighted by atomic mass is 10.3. The Morgan fingerprint density at radius 2 is 2.07 bits per heavy atom. The van der Waals surface area contributed by atoms with E-state index in [4.69, 9.17) is 9.47 Å². The maximum absolute atomic E-state index is 9.69. The molecule has 1 heterocycles. The van der Waals surface area contributed by atoms with Gasteiger partial charge in [0.1, 0.15) is 0 Å². The van der Waals surface area contributed by atoms with Crippen LogP contribution in [0.4, 0.5) is 0 Å². The number of nitrogens with zero attached hydrogens (tertiary/aromatic N) is 1. The second kappa shape index (κ2) is 8.35. The number of rotatable bonds is 7. The molecule has 0 saturated carbocycles. The zero-order valence-corrected chi connectivity index (χ0v) is 10.2. The van der Waals surface area contributed by atoms with Crippen LogP contribution in [-0.2, 0) is 9.47 Å². The van der Waals surface area contributed by atoms with Gasteiger partial charge < -0.3 is 14.6 Å². The molecular formula is C10H21NO3S. The standard InChI is InChI=1S/C10H21NO3S/c1-13-4-5-14-9-10(12)8-11-2-6-15-7-3-11/h10,12H,2-9H2,1H3. The van der Waals surface area contributed by atoms with Crippen molar-refractivity contribution in [3.05, 3.63) is 0 Å². The van der Waals surface area contributed by atoms with Gasteiger partial charge in [-0.3, -0.25) is 4.90 Å². The van der Waals surface area contributed by atoms with Crippen molar-refractivity contribution >= 4 is 11.8 Å². The summed E-state index contributed by atoms with van der Waals surface area (Å²) >= 11 is 1.98. The molecule has 1 aliphatic rings. The Labute approximate surface area is 95.9 Å². The van der Waals surface area contributed by atoms with Gasteiger partial charge in [-0.15, -0.1) is 0 Å². The number of methoxy groups -OCH3 is 1. The maximum Gasteiger partial charge on any atom is 0.0900 e. The topological polar surface area (TPSA) is 41.9 Å². The summed E-state index contributed by atoms with van der Waals surface area (Å²) in [6.07, 6.45) is -0.370. The minimum atomic E-state index is -0.370. The minimum absolute atomic E-state index is 0.370. The average Bonchev–Trinajstić information content (AvgIpc) is 2.26. The van der Waals surface area contributed by atoms with Crippen molar-refractivity contribution < 1.29 is 14.6 Å². The van der Waals surface area contributed by atoms with E-state index in [0.717, 1.165) is 19.6 Å². The predicted molar refractivity (Wildman–Crippen MR) is 62.5 cm³/mol. The first-order valence-corrected chi connectivity index (χ1v) is 6.53. The van der Waals surface area contributed by atoms with Crippen molar-refractivity contribution in [3.8, 4) is 0 Å². The SMILES string of the molecule is COCCOCC(O)CN1CCSCC1. The summed E-state index contributed by atoms with van der Waals surface area (Å²) in [5.41, 5.74) is 0. The second-order valence-corrected chi connectivity index (χ2v) is 4.86. The molecule has 1 unspecified atom stereocenters. The molecule has 15 heavy (non-hydrogen) atoms. The van der Waals surface area contributed by atoms with E-state index < -0.39 is 0 Å². The fraction of sp³-hybridized carbons (Fsp3) is 1.00. The maximum atomic E-state index is 9.69. The predicted octanol–water partition coefficient (Wildman–Crippen LogP) is 0.0591. The van der Waals surface area contributed by atoms with Gasteiger partial charge in [0, 0.05) is 38.2 Å². The molecule has 0 aromatic carbocycles. The first kappa shape index (κ1) is 13.3. The van der Waals surface area contributed by atoms with Crippen molar-refractivity contribution in [3.63, 3.8) is 0 Å². The Morgan fingerprint density at radius 1 is 1.33 bits per heavy atom. The lowest BCUT2D eigenvalue weighted by molar-refractivity contribution is 0.000628. The third-order valence-corrected chi connectivity index (χ3v) is 3.26.